The first-order valence-electron chi connectivity index (χ1n) is 5.20. The standard InChI is InChI=1S/C11H14N4O/c12-9(10-13-11(16)15-14-10)7-6-8-4-2-1-3-5-8/h1-5,9H,6-7,12H2,(H2,13,14,15,16). The second kappa shape index (κ2) is 4.76. The van der Waals surface area contributed by atoms with E-state index >= 15 is 0 Å². The lowest BCUT2D eigenvalue weighted by molar-refractivity contribution is 0.615. The molecule has 5 heteroatoms. The number of nitrogens with two attached hydrogens (primary N) is 1. The third-order valence-corrected chi connectivity index (χ3v) is 2.46. The van der Waals surface area contributed by atoms with Gasteiger partial charge in [0.05, 0.1) is 6.04 Å². The molecular formula is C11H14N4O. The van der Waals surface area contributed by atoms with E-state index in [0.29, 0.717) is 5.82 Å². The number of aromatic nitrogens is 3. The zero-order chi connectivity index (χ0) is 11.4. The number of hydrogen-bond donors (Lipinski definition) is 3. The highest BCUT2D eigenvalue weighted by Crippen LogP contribution is 2.11. The lowest BCUT2D eigenvalue weighted by Crippen LogP contribution is -2.14. The molecule has 0 amide bonds. The van der Waals surface area contributed by atoms with E-state index in [1.165, 1.54) is 5.56 Å². The molecule has 84 valence electrons. The van der Waals surface area contributed by atoms with Crippen LogP contribution in [-0.2, 0) is 6.42 Å². The van der Waals surface area contributed by atoms with Crippen LogP contribution in [0, 0.1) is 0 Å². The SMILES string of the molecule is NC(CCc1ccccc1)c1n[nH]c(=O)[nH]1. The van der Waals surface area contributed by atoms with Crippen molar-refractivity contribution in [3.05, 3.63) is 52.2 Å². The van der Waals surface area contributed by atoms with E-state index < -0.39 is 0 Å². The molecule has 1 atom stereocenters. The molecule has 1 aromatic carbocycles. The summed E-state index contributed by atoms with van der Waals surface area (Å²) in [5.41, 5.74) is 6.82. The van der Waals surface area contributed by atoms with Crippen molar-refractivity contribution in [3.8, 4) is 0 Å². The maximum absolute atomic E-state index is 10.8. The first-order valence-corrected chi connectivity index (χ1v) is 5.20. The molecule has 0 fully saturated rings. The molecule has 4 N–H and O–H groups in total. The summed E-state index contributed by atoms with van der Waals surface area (Å²) in [6.07, 6.45) is 1.63. The lowest BCUT2D eigenvalue weighted by atomic mass is 10.1. The summed E-state index contributed by atoms with van der Waals surface area (Å²) in [7, 11) is 0. The predicted molar refractivity (Wildman–Crippen MR) is 60.9 cm³/mol. The Morgan fingerprint density at radius 2 is 2.06 bits per heavy atom. The predicted octanol–water partition coefficient (Wildman–Crippen LogP) is 0.731. The van der Waals surface area contributed by atoms with Crippen molar-refractivity contribution in [1.29, 1.82) is 0 Å². The third kappa shape index (κ3) is 2.58. The number of nitrogens with one attached hydrogen (secondary N) is 2. The van der Waals surface area contributed by atoms with Crippen LogP contribution in [-0.4, -0.2) is 15.2 Å². The number of hydrogen-bond acceptors (Lipinski definition) is 3. The Kier molecular flexibility index (Phi) is 3.16. The van der Waals surface area contributed by atoms with Crippen molar-refractivity contribution >= 4 is 0 Å². The second-order valence-corrected chi connectivity index (χ2v) is 3.69. The average molecular weight is 218 g/mol. The van der Waals surface area contributed by atoms with Gasteiger partial charge in [0.2, 0.25) is 0 Å². The fraction of sp³-hybridized carbons (Fsp3) is 0.273. The van der Waals surface area contributed by atoms with Crippen LogP contribution in [0.4, 0.5) is 0 Å². The average Bonchev–Trinajstić information content (AvgIpc) is 2.74. The smallest absolute Gasteiger partial charge is 0.321 e. The summed E-state index contributed by atoms with van der Waals surface area (Å²) in [6, 6.07) is 9.85. The molecule has 1 heterocycles. The van der Waals surface area contributed by atoms with E-state index in [4.69, 9.17) is 5.73 Å². The molecule has 0 saturated heterocycles. The molecule has 0 bridgehead atoms. The zero-order valence-corrected chi connectivity index (χ0v) is 8.81. The molecule has 0 aliphatic rings. The molecule has 5 nitrogen and oxygen atoms in total. The monoisotopic (exact) mass is 218 g/mol. The molecule has 2 rings (SSSR count). The van der Waals surface area contributed by atoms with Crippen LogP contribution in [0.1, 0.15) is 23.9 Å². The van der Waals surface area contributed by atoms with Crippen LogP contribution in [0.25, 0.3) is 0 Å². The molecule has 0 saturated carbocycles. The van der Waals surface area contributed by atoms with E-state index in [0.717, 1.165) is 12.8 Å². The minimum Gasteiger partial charge on any atom is -0.321 e. The molecule has 0 radical (unpaired) electrons. The highest BCUT2D eigenvalue weighted by molar-refractivity contribution is 5.15. The summed E-state index contributed by atoms with van der Waals surface area (Å²) in [5.74, 6) is 0.515. The maximum Gasteiger partial charge on any atom is 0.340 e. The molecular weight excluding hydrogens is 204 g/mol. The Morgan fingerprint density at radius 3 is 2.69 bits per heavy atom. The van der Waals surface area contributed by atoms with Gasteiger partial charge in [0.25, 0.3) is 0 Å². The fourth-order valence-corrected chi connectivity index (χ4v) is 1.56. The summed E-state index contributed by atoms with van der Waals surface area (Å²) in [5, 5.41) is 6.12. The minimum atomic E-state index is -0.315. The van der Waals surface area contributed by atoms with Gasteiger partial charge in [0, 0.05) is 0 Å². The Balaban J connectivity index is 1.94. The van der Waals surface area contributed by atoms with Crippen molar-refractivity contribution in [1.82, 2.24) is 15.2 Å². The fourth-order valence-electron chi connectivity index (χ4n) is 1.56. The topological polar surface area (TPSA) is 87.6 Å². The zero-order valence-electron chi connectivity index (χ0n) is 8.81. The van der Waals surface area contributed by atoms with Crippen molar-refractivity contribution in [3.63, 3.8) is 0 Å². The number of H-pyrrole nitrogens is 2. The Morgan fingerprint density at radius 1 is 1.31 bits per heavy atom. The number of benzene rings is 1. The van der Waals surface area contributed by atoms with E-state index in [2.05, 4.69) is 27.3 Å². The van der Waals surface area contributed by atoms with Crippen LogP contribution >= 0.6 is 0 Å². The van der Waals surface area contributed by atoms with Gasteiger partial charge in [-0.1, -0.05) is 30.3 Å². The van der Waals surface area contributed by atoms with E-state index in [-0.39, 0.29) is 11.7 Å². The van der Waals surface area contributed by atoms with Crippen LogP contribution < -0.4 is 11.4 Å². The van der Waals surface area contributed by atoms with Gasteiger partial charge < -0.3 is 5.73 Å². The summed E-state index contributed by atoms with van der Waals surface area (Å²) < 4.78 is 0. The molecule has 0 spiro atoms. The van der Waals surface area contributed by atoms with Crippen LogP contribution in [0.2, 0.25) is 0 Å². The lowest BCUT2D eigenvalue weighted by Gasteiger charge is -2.07. The molecule has 1 aromatic heterocycles. The maximum atomic E-state index is 10.8. The number of nitrogens with zero attached hydrogens (tertiary/aromatic N) is 1. The highest BCUT2D eigenvalue weighted by atomic mass is 16.1. The Labute approximate surface area is 92.7 Å². The second-order valence-electron chi connectivity index (χ2n) is 3.69. The summed E-state index contributed by atoms with van der Waals surface area (Å²) in [4.78, 5) is 13.4. The van der Waals surface area contributed by atoms with E-state index in [1.54, 1.807) is 0 Å². The van der Waals surface area contributed by atoms with Crippen LogP contribution in [0.15, 0.2) is 35.1 Å². The van der Waals surface area contributed by atoms with Gasteiger partial charge in [-0.2, -0.15) is 5.10 Å². The number of aryl methyl sites for hydroxylation is 1. The Hall–Kier alpha value is -1.88. The van der Waals surface area contributed by atoms with Gasteiger partial charge in [0.15, 0.2) is 0 Å². The van der Waals surface area contributed by atoms with E-state index in [9.17, 15) is 4.79 Å². The first-order chi connectivity index (χ1) is 7.75. The molecule has 0 aliphatic heterocycles. The van der Waals surface area contributed by atoms with Gasteiger partial charge >= 0.3 is 5.69 Å². The van der Waals surface area contributed by atoms with Crippen molar-refractivity contribution in [2.45, 2.75) is 18.9 Å². The molecule has 16 heavy (non-hydrogen) atoms. The largest absolute Gasteiger partial charge is 0.340 e. The van der Waals surface area contributed by atoms with Gasteiger partial charge in [-0.3, -0.25) is 4.98 Å². The van der Waals surface area contributed by atoms with Gasteiger partial charge in [0.1, 0.15) is 5.82 Å². The van der Waals surface area contributed by atoms with Gasteiger partial charge in [-0.15, -0.1) is 0 Å². The van der Waals surface area contributed by atoms with Gasteiger partial charge in [-0.25, -0.2) is 9.89 Å². The summed E-state index contributed by atoms with van der Waals surface area (Å²) >= 11 is 0. The molecule has 2 aromatic rings. The van der Waals surface area contributed by atoms with E-state index in [1.807, 2.05) is 18.2 Å². The van der Waals surface area contributed by atoms with Crippen LogP contribution in [0.3, 0.4) is 0 Å². The number of aromatic amines is 2. The first kappa shape index (κ1) is 10.6. The van der Waals surface area contributed by atoms with Crippen molar-refractivity contribution in [2.24, 2.45) is 5.73 Å². The van der Waals surface area contributed by atoms with Crippen LogP contribution in [0.5, 0.6) is 0 Å². The van der Waals surface area contributed by atoms with Crippen molar-refractivity contribution < 1.29 is 0 Å². The van der Waals surface area contributed by atoms with Gasteiger partial charge in [-0.05, 0) is 18.4 Å². The molecule has 0 aliphatic carbocycles. The van der Waals surface area contributed by atoms with Crippen molar-refractivity contribution in [2.75, 3.05) is 0 Å². The summed E-state index contributed by atoms with van der Waals surface area (Å²) in [6.45, 7) is 0. The number of rotatable bonds is 4. The third-order valence-electron chi connectivity index (χ3n) is 2.46. The Bertz CT molecular complexity index is 488. The molecule has 1 unspecified atom stereocenters. The highest BCUT2D eigenvalue weighted by Gasteiger charge is 2.09. The normalized spacial score (nSPS) is 12.6. The quantitative estimate of drug-likeness (QED) is 0.707. The minimum absolute atomic E-state index is 0.237.